The Balaban J connectivity index is 4.29. The molecule has 65 heavy (non-hydrogen) atoms. The van der Waals surface area contributed by atoms with Gasteiger partial charge in [0.15, 0.2) is 6.10 Å². The molecular weight excluding hydrogens is 805 g/mol. The fourth-order valence-electron chi connectivity index (χ4n) is 8.85. The Morgan fingerprint density at radius 2 is 0.508 bits per heavy atom. The molecule has 0 saturated heterocycles. The molecule has 0 fully saturated rings. The van der Waals surface area contributed by atoms with Gasteiger partial charge in [0.25, 0.3) is 0 Å². The number of carbonyl (C=O) groups is 3. The van der Waals surface area contributed by atoms with E-state index in [0.717, 1.165) is 57.8 Å². The minimum Gasteiger partial charge on any atom is -0.462 e. The molecule has 0 N–H and O–H groups in total. The maximum Gasteiger partial charge on any atom is 0.306 e. The number of allylic oxidation sites excluding steroid dienone is 2. The fourth-order valence-corrected chi connectivity index (χ4v) is 8.85. The van der Waals surface area contributed by atoms with Gasteiger partial charge in [-0.2, -0.15) is 0 Å². The third kappa shape index (κ3) is 53.0. The van der Waals surface area contributed by atoms with Gasteiger partial charge in [-0.3, -0.25) is 14.4 Å². The Morgan fingerprint density at radius 3 is 0.769 bits per heavy atom. The molecule has 0 aliphatic heterocycles. The lowest BCUT2D eigenvalue weighted by atomic mass is 10.0. The van der Waals surface area contributed by atoms with Crippen molar-refractivity contribution in [2.75, 3.05) is 13.2 Å². The van der Waals surface area contributed by atoms with Gasteiger partial charge in [-0.05, 0) is 44.9 Å². The van der Waals surface area contributed by atoms with Crippen LogP contribution in [0.3, 0.4) is 0 Å². The van der Waals surface area contributed by atoms with Crippen molar-refractivity contribution in [1.29, 1.82) is 0 Å². The van der Waals surface area contributed by atoms with E-state index >= 15 is 0 Å². The molecule has 1 atom stereocenters. The largest absolute Gasteiger partial charge is 0.462 e. The van der Waals surface area contributed by atoms with Crippen LogP contribution in [0, 0.1) is 0 Å². The van der Waals surface area contributed by atoms with Crippen LogP contribution < -0.4 is 0 Å². The molecule has 0 aliphatic carbocycles. The molecule has 0 aliphatic rings. The number of carbonyl (C=O) groups excluding carboxylic acids is 3. The summed E-state index contributed by atoms with van der Waals surface area (Å²) in [5, 5.41) is 0. The van der Waals surface area contributed by atoms with Crippen molar-refractivity contribution in [2.45, 2.75) is 335 Å². The summed E-state index contributed by atoms with van der Waals surface area (Å²) >= 11 is 0. The summed E-state index contributed by atoms with van der Waals surface area (Å²) in [5.41, 5.74) is 0. The summed E-state index contributed by atoms with van der Waals surface area (Å²) in [5.74, 6) is -0.846. The van der Waals surface area contributed by atoms with Gasteiger partial charge >= 0.3 is 17.9 Å². The first kappa shape index (κ1) is 63.1. The van der Waals surface area contributed by atoms with Crippen LogP contribution in [-0.2, 0) is 28.6 Å². The second-order valence-corrected chi connectivity index (χ2v) is 19.9. The topological polar surface area (TPSA) is 78.9 Å². The van der Waals surface area contributed by atoms with Gasteiger partial charge in [-0.15, -0.1) is 0 Å². The minimum atomic E-state index is -0.765. The zero-order valence-electron chi connectivity index (χ0n) is 44.0. The Hall–Kier alpha value is -1.85. The molecule has 0 aromatic carbocycles. The summed E-state index contributed by atoms with van der Waals surface area (Å²) in [7, 11) is 0. The van der Waals surface area contributed by atoms with Crippen molar-refractivity contribution in [3.05, 3.63) is 12.2 Å². The summed E-state index contributed by atoms with van der Waals surface area (Å²) in [6.45, 7) is 6.69. The number of esters is 3. The molecule has 0 heterocycles. The molecule has 6 heteroatoms. The number of unbranched alkanes of at least 4 members (excludes halogenated alkanes) is 41. The SMILES string of the molecule is CCCCCCCCC/C=C\CCCCCCCCCC(=O)OCC(COC(=O)CCCCCCCCCCCCCC)OC(=O)CCCCCCCCCCCCCCCCCCC. The van der Waals surface area contributed by atoms with Crippen molar-refractivity contribution in [1.82, 2.24) is 0 Å². The molecule has 0 spiro atoms. The molecule has 0 amide bonds. The van der Waals surface area contributed by atoms with Crippen LogP contribution >= 0.6 is 0 Å². The Bertz CT molecular complexity index is 1010. The van der Waals surface area contributed by atoms with Crippen LogP contribution in [0.15, 0.2) is 12.2 Å². The molecule has 0 aromatic rings. The Morgan fingerprint density at radius 1 is 0.292 bits per heavy atom. The van der Waals surface area contributed by atoms with E-state index in [2.05, 4.69) is 32.9 Å². The monoisotopic (exact) mass is 917 g/mol. The average molecular weight is 918 g/mol. The molecule has 0 bridgehead atoms. The number of rotatable bonds is 54. The van der Waals surface area contributed by atoms with Crippen molar-refractivity contribution in [3.63, 3.8) is 0 Å². The second kappa shape index (κ2) is 54.8. The van der Waals surface area contributed by atoms with E-state index in [1.54, 1.807) is 0 Å². The molecule has 0 aromatic heterocycles. The van der Waals surface area contributed by atoms with Crippen molar-refractivity contribution in [2.24, 2.45) is 0 Å². The van der Waals surface area contributed by atoms with E-state index in [9.17, 15) is 14.4 Å². The van der Waals surface area contributed by atoms with E-state index in [1.165, 1.54) is 231 Å². The number of ether oxygens (including phenoxy) is 3. The first-order valence-electron chi connectivity index (χ1n) is 29.2. The summed E-state index contributed by atoms with van der Waals surface area (Å²) in [4.78, 5) is 38.1. The van der Waals surface area contributed by atoms with E-state index in [4.69, 9.17) is 14.2 Å². The Kier molecular flexibility index (Phi) is 53.2. The zero-order valence-corrected chi connectivity index (χ0v) is 44.0. The molecule has 384 valence electrons. The average Bonchev–Trinajstić information content (AvgIpc) is 3.30. The van der Waals surface area contributed by atoms with Crippen LogP contribution in [0.1, 0.15) is 329 Å². The normalized spacial score (nSPS) is 12.0. The van der Waals surface area contributed by atoms with Gasteiger partial charge in [0.05, 0.1) is 0 Å². The van der Waals surface area contributed by atoms with Crippen molar-refractivity contribution in [3.8, 4) is 0 Å². The van der Waals surface area contributed by atoms with E-state index in [0.29, 0.717) is 19.3 Å². The first-order valence-corrected chi connectivity index (χ1v) is 29.2. The first-order chi connectivity index (χ1) is 32.0. The number of hydrogen-bond acceptors (Lipinski definition) is 6. The highest BCUT2D eigenvalue weighted by atomic mass is 16.6. The fraction of sp³-hybridized carbons (Fsp3) is 0.915. The predicted octanol–water partition coefficient (Wildman–Crippen LogP) is 19.3. The standard InChI is InChI=1S/C59H112O6/c1-4-7-10-13-16-19-22-25-27-29-31-32-34-37-40-43-46-49-52-58(61)64-55-56(54-63-57(60)51-48-45-42-39-36-24-21-18-15-12-9-6-3)65-59(62)53-50-47-44-41-38-35-33-30-28-26-23-20-17-14-11-8-5-2/h27,29,56H,4-26,28,30-55H2,1-3H3/b29-27-. The van der Waals surface area contributed by atoms with Crippen LogP contribution in [0.25, 0.3) is 0 Å². The molecule has 0 radical (unpaired) electrons. The van der Waals surface area contributed by atoms with E-state index < -0.39 is 6.10 Å². The lowest BCUT2D eigenvalue weighted by Gasteiger charge is -2.18. The predicted molar refractivity (Wildman–Crippen MR) is 280 cm³/mol. The van der Waals surface area contributed by atoms with Crippen molar-refractivity contribution < 1.29 is 28.6 Å². The van der Waals surface area contributed by atoms with Crippen LogP contribution in [0.4, 0.5) is 0 Å². The molecule has 0 rings (SSSR count). The minimum absolute atomic E-state index is 0.0653. The molecular formula is C59H112O6. The van der Waals surface area contributed by atoms with E-state index in [-0.39, 0.29) is 31.1 Å². The lowest BCUT2D eigenvalue weighted by molar-refractivity contribution is -0.167. The summed E-state index contributed by atoms with van der Waals surface area (Å²) in [6.07, 6.45) is 62.0. The summed E-state index contributed by atoms with van der Waals surface area (Å²) < 4.78 is 16.9. The van der Waals surface area contributed by atoms with Gasteiger partial charge in [-0.25, -0.2) is 0 Å². The molecule has 1 unspecified atom stereocenters. The highest BCUT2D eigenvalue weighted by Crippen LogP contribution is 2.17. The van der Waals surface area contributed by atoms with E-state index in [1.807, 2.05) is 0 Å². The van der Waals surface area contributed by atoms with Gasteiger partial charge in [0, 0.05) is 19.3 Å². The highest BCUT2D eigenvalue weighted by Gasteiger charge is 2.19. The van der Waals surface area contributed by atoms with Gasteiger partial charge in [0.1, 0.15) is 13.2 Å². The van der Waals surface area contributed by atoms with Crippen LogP contribution in [0.5, 0.6) is 0 Å². The highest BCUT2D eigenvalue weighted by molar-refractivity contribution is 5.71. The molecule has 0 saturated carbocycles. The summed E-state index contributed by atoms with van der Waals surface area (Å²) in [6, 6.07) is 0. The third-order valence-electron chi connectivity index (χ3n) is 13.3. The maximum absolute atomic E-state index is 12.8. The number of hydrogen-bond donors (Lipinski definition) is 0. The Labute approximate surface area is 405 Å². The third-order valence-corrected chi connectivity index (χ3v) is 13.3. The second-order valence-electron chi connectivity index (χ2n) is 19.9. The van der Waals surface area contributed by atoms with Crippen LogP contribution in [0.2, 0.25) is 0 Å². The molecule has 6 nitrogen and oxygen atoms in total. The maximum atomic E-state index is 12.8. The quantitative estimate of drug-likeness (QED) is 0.0262. The van der Waals surface area contributed by atoms with Gasteiger partial charge in [0.2, 0.25) is 0 Å². The zero-order chi connectivity index (χ0) is 47.2. The van der Waals surface area contributed by atoms with Crippen molar-refractivity contribution >= 4 is 17.9 Å². The smallest absolute Gasteiger partial charge is 0.306 e. The van der Waals surface area contributed by atoms with Crippen LogP contribution in [-0.4, -0.2) is 37.2 Å². The van der Waals surface area contributed by atoms with Gasteiger partial charge in [-0.1, -0.05) is 277 Å². The lowest BCUT2D eigenvalue weighted by Crippen LogP contribution is -2.30. The van der Waals surface area contributed by atoms with Gasteiger partial charge < -0.3 is 14.2 Å².